The SMILES string of the molecule is CC1CN(CC(=O)Nc2ccc(F)cc2)CC1C(=O)O. The molecule has 20 heavy (non-hydrogen) atoms. The number of rotatable bonds is 4. The van der Waals surface area contributed by atoms with Gasteiger partial charge in [-0.1, -0.05) is 6.92 Å². The van der Waals surface area contributed by atoms with Crippen molar-refractivity contribution in [2.45, 2.75) is 6.92 Å². The zero-order valence-corrected chi connectivity index (χ0v) is 11.2. The summed E-state index contributed by atoms with van der Waals surface area (Å²) >= 11 is 0. The van der Waals surface area contributed by atoms with E-state index in [1.54, 1.807) is 0 Å². The van der Waals surface area contributed by atoms with Crippen molar-refractivity contribution >= 4 is 17.6 Å². The van der Waals surface area contributed by atoms with Crippen molar-refractivity contribution in [3.05, 3.63) is 30.1 Å². The normalized spacial score (nSPS) is 22.7. The molecule has 1 heterocycles. The molecule has 0 spiro atoms. The second-order valence-electron chi connectivity index (χ2n) is 5.17. The van der Waals surface area contributed by atoms with Crippen LogP contribution in [0.15, 0.2) is 24.3 Å². The largest absolute Gasteiger partial charge is 0.481 e. The van der Waals surface area contributed by atoms with E-state index in [2.05, 4.69) is 5.32 Å². The molecule has 108 valence electrons. The first kappa shape index (κ1) is 14.5. The molecule has 1 aliphatic rings. The molecule has 0 aliphatic carbocycles. The number of aliphatic carboxylic acids is 1. The van der Waals surface area contributed by atoms with Crippen LogP contribution in [-0.2, 0) is 9.59 Å². The van der Waals surface area contributed by atoms with Crippen molar-refractivity contribution in [1.82, 2.24) is 4.90 Å². The van der Waals surface area contributed by atoms with E-state index in [1.807, 2.05) is 11.8 Å². The van der Waals surface area contributed by atoms with Crippen LogP contribution in [0.1, 0.15) is 6.92 Å². The Morgan fingerprint density at radius 3 is 2.55 bits per heavy atom. The molecule has 1 saturated heterocycles. The third-order valence-electron chi connectivity index (χ3n) is 3.50. The molecule has 1 amide bonds. The number of likely N-dealkylation sites (tertiary alicyclic amines) is 1. The van der Waals surface area contributed by atoms with Gasteiger partial charge in [0.25, 0.3) is 0 Å². The minimum Gasteiger partial charge on any atom is -0.481 e. The Hall–Kier alpha value is -1.95. The number of nitrogens with one attached hydrogen (secondary N) is 1. The molecule has 1 aromatic carbocycles. The lowest BCUT2D eigenvalue weighted by Gasteiger charge is -2.14. The zero-order chi connectivity index (χ0) is 14.7. The smallest absolute Gasteiger partial charge is 0.308 e. The van der Waals surface area contributed by atoms with E-state index in [0.717, 1.165) is 0 Å². The quantitative estimate of drug-likeness (QED) is 0.875. The van der Waals surface area contributed by atoms with Crippen molar-refractivity contribution in [2.24, 2.45) is 11.8 Å². The van der Waals surface area contributed by atoms with Crippen LogP contribution in [0.3, 0.4) is 0 Å². The number of hydrogen-bond donors (Lipinski definition) is 2. The van der Waals surface area contributed by atoms with Gasteiger partial charge in [-0.2, -0.15) is 0 Å². The fourth-order valence-corrected chi connectivity index (χ4v) is 2.45. The molecule has 6 heteroatoms. The van der Waals surface area contributed by atoms with E-state index < -0.39 is 11.9 Å². The maximum Gasteiger partial charge on any atom is 0.308 e. The second-order valence-corrected chi connectivity index (χ2v) is 5.17. The lowest BCUT2D eigenvalue weighted by atomic mass is 9.99. The van der Waals surface area contributed by atoms with Crippen LogP contribution in [0.5, 0.6) is 0 Å². The second kappa shape index (κ2) is 6.00. The number of carbonyl (C=O) groups excluding carboxylic acids is 1. The summed E-state index contributed by atoms with van der Waals surface area (Å²) in [6.45, 7) is 2.99. The Labute approximate surface area is 116 Å². The highest BCUT2D eigenvalue weighted by molar-refractivity contribution is 5.92. The Morgan fingerprint density at radius 2 is 2.00 bits per heavy atom. The summed E-state index contributed by atoms with van der Waals surface area (Å²) in [5.74, 6) is -1.80. The van der Waals surface area contributed by atoms with Crippen molar-refractivity contribution in [2.75, 3.05) is 25.0 Å². The third kappa shape index (κ3) is 3.54. The summed E-state index contributed by atoms with van der Waals surface area (Å²) in [6.07, 6.45) is 0. The van der Waals surface area contributed by atoms with E-state index in [1.165, 1.54) is 24.3 Å². The Morgan fingerprint density at radius 1 is 1.35 bits per heavy atom. The number of benzene rings is 1. The molecule has 2 rings (SSSR count). The summed E-state index contributed by atoms with van der Waals surface area (Å²) in [4.78, 5) is 24.7. The van der Waals surface area contributed by atoms with Gasteiger partial charge in [0.05, 0.1) is 12.5 Å². The molecule has 0 radical (unpaired) electrons. The molecular formula is C14H17FN2O3. The average molecular weight is 280 g/mol. The van der Waals surface area contributed by atoms with Crippen LogP contribution in [0, 0.1) is 17.7 Å². The molecular weight excluding hydrogens is 263 g/mol. The van der Waals surface area contributed by atoms with Crippen LogP contribution in [-0.4, -0.2) is 41.5 Å². The molecule has 2 N–H and O–H groups in total. The van der Waals surface area contributed by atoms with Gasteiger partial charge in [-0.15, -0.1) is 0 Å². The minimum atomic E-state index is -0.820. The number of hydrogen-bond acceptors (Lipinski definition) is 3. The predicted octanol–water partition coefficient (Wildman–Crippen LogP) is 1.42. The van der Waals surface area contributed by atoms with E-state index in [4.69, 9.17) is 5.11 Å². The van der Waals surface area contributed by atoms with Gasteiger partial charge >= 0.3 is 5.97 Å². The van der Waals surface area contributed by atoms with Gasteiger partial charge in [-0.05, 0) is 30.2 Å². The minimum absolute atomic E-state index is 0.0334. The van der Waals surface area contributed by atoms with E-state index in [9.17, 15) is 14.0 Å². The van der Waals surface area contributed by atoms with Gasteiger partial charge in [-0.3, -0.25) is 14.5 Å². The predicted molar refractivity (Wildman–Crippen MR) is 71.8 cm³/mol. The van der Waals surface area contributed by atoms with E-state index in [0.29, 0.717) is 18.8 Å². The highest BCUT2D eigenvalue weighted by Crippen LogP contribution is 2.22. The van der Waals surface area contributed by atoms with Crippen molar-refractivity contribution in [3.8, 4) is 0 Å². The number of carboxylic acids is 1. The monoisotopic (exact) mass is 280 g/mol. The molecule has 2 unspecified atom stereocenters. The first-order valence-corrected chi connectivity index (χ1v) is 6.46. The number of carbonyl (C=O) groups is 2. The van der Waals surface area contributed by atoms with Gasteiger partial charge in [-0.25, -0.2) is 4.39 Å². The number of halogens is 1. The van der Waals surface area contributed by atoms with Gasteiger partial charge in [0.1, 0.15) is 5.82 Å². The molecule has 0 bridgehead atoms. The average Bonchev–Trinajstić information content (AvgIpc) is 2.73. The Bertz CT molecular complexity index is 504. The molecule has 0 aromatic heterocycles. The number of amides is 1. The highest BCUT2D eigenvalue weighted by Gasteiger charge is 2.35. The van der Waals surface area contributed by atoms with Gasteiger partial charge in [0, 0.05) is 18.8 Å². The standard InChI is InChI=1S/C14H17FN2O3/c1-9-6-17(7-12(9)14(19)20)8-13(18)16-11-4-2-10(15)3-5-11/h2-5,9,12H,6-8H2,1H3,(H,16,18)(H,19,20). The Kier molecular flexibility index (Phi) is 4.34. The summed E-state index contributed by atoms with van der Waals surface area (Å²) in [7, 11) is 0. The maximum absolute atomic E-state index is 12.7. The molecule has 1 aliphatic heterocycles. The zero-order valence-electron chi connectivity index (χ0n) is 11.2. The molecule has 0 saturated carbocycles. The lowest BCUT2D eigenvalue weighted by molar-refractivity contribution is -0.142. The first-order valence-electron chi connectivity index (χ1n) is 6.46. The molecule has 2 atom stereocenters. The van der Waals surface area contributed by atoms with Crippen LogP contribution >= 0.6 is 0 Å². The van der Waals surface area contributed by atoms with Gasteiger partial charge < -0.3 is 10.4 Å². The summed E-state index contributed by atoms with van der Waals surface area (Å²) in [5, 5.41) is 11.7. The topological polar surface area (TPSA) is 69.6 Å². The van der Waals surface area contributed by atoms with Gasteiger partial charge in [0.2, 0.25) is 5.91 Å². The van der Waals surface area contributed by atoms with E-state index in [-0.39, 0.29) is 24.2 Å². The molecule has 1 fully saturated rings. The maximum atomic E-state index is 12.7. The van der Waals surface area contributed by atoms with Crippen molar-refractivity contribution < 1.29 is 19.1 Å². The number of anilines is 1. The first-order chi connectivity index (χ1) is 9.45. The number of carboxylic acid groups (broad SMARTS) is 1. The fraction of sp³-hybridized carbons (Fsp3) is 0.429. The van der Waals surface area contributed by atoms with Crippen molar-refractivity contribution in [1.29, 1.82) is 0 Å². The number of nitrogens with zero attached hydrogens (tertiary/aromatic N) is 1. The third-order valence-corrected chi connectivity index (χ3v) is 3.50. The van der Waals surface area contributed by atoms with Crippen LogP contribution in [0.4, 0.5) is 10.1 Å². The van der Waals surface area contributed by atoms with Crippen LogP contribution in [0.25, 0.3) is 0 Å². The lowest BCUT2D eigenvalue weighted by Crippen LogP contribution is -2.32. The highest BCUT2D eigenvalue weighted by atomic mass is 19.1. The fourth-order valence-electron chi connectivity index (χ4n) is 2.45. The Balaban J connectivity index is 1.86. The molecule has 5 nitrogen and oxygen atoms in total. The summed E-state index contributed by atoms with van der Waals surface area (Å²) < 4.78 is 12.7. The van der Waals surface area contributed by atoms with Gasteiger partial charge in [0.15, 0.2) is 0 Å². The summed E-state index contributed by atoms with van der Waals surface area (Å²) in [5.41, 5.74) is 0.526. The van der Waals surface area contributed by atoms with E-state index >= 15 is 0 Å². The summed E-state index contributed by atoms with van der Waals surface area (Å²) in [6, 6.07) is 5.52. The molecule has 1 aromatic rings. The van der Waals surface area contributed by atoms with Crippen LogP contribution in [0.2, 0.25) is 0 Å². The van der Waals surface area contributed by atoms with Crippen molar-refractivity contribution in [3.63, 3.8) is 0 Å². The van der Waals surface area contributed by atoms with Crippen LogP contribution < -0.4 is 5.32 Å².